The Bertz CT molecular complexity index is 743. The van der Waals surface area contributed by atoms with E-state index < -0.39 is 12.4 Å². The predicted molar refractivity (Wildman–Crippen MR) is 80.9 cm³/mol. The van der Waals surface area contributed by atoms with Crippen LogP contribution in [0.15, 0.2) is 24.4 Å². The van der Waals surface area contributed by atoms with Gasteiger partial charge in [-0.3, -0.25) is 4.68 Å². The van der Waals surface area contributed by atoms with Gasteiger partial charge in [0.1, 0.15) is 5.69 Å². The third-order valence-electron chi connectivity index (χ3n) is 4.08. The Labute approximate surface area is 132 Å². The lowest BCUT2D eigenvalue weighted by atomic mass is 9.96. The molecule has 2 heterocycles. The van der Waals surface area contributed by atoms with Crippen LogP contribution in [0.1, 0.15) is 40.0 Å². The van der Waals surface area contributed by atoms with Gasteiger partial charge in [-0.2, -0.15) is 5.10 Å². The minimum Gasteiger partial charge on any atom is -0.478 e. The number of hydrogen-bond acceptors (Lipinski definition) is 3. The molecular formula is C16H17F2N3O2. The van der Waals surface area contributed by atoms with Gasteiger partial charge >= 0.3 is 5.97 Å². The summed E-state index contributed by atoms with van der Waals surface area (Å²) < 4.78 is 27.6. The number of aryl methyl sites for hydroxylation is 1. The minimum absolute atomic E-state index is 0.214. The molecule has 0 fully saturated rings. The van der Waals surface area contributed by atoms with Crippen LogP contribution in [-0.2, 0) is 20.0 Å². The van der Waals surface area contributed by atoms with Crippen LogP contribution in [0.4, 0.5) is 14.5 Å². The fourth-order valence-corrected chi connectivity index (χ4v) is 3.13. The maximum atomic E-state index is 13.1. The van der Waals surface area contributed by atoms with Gasteiger partial charge in [-0.1, -0.05) is 6.07 Å². The van der Waals surface area contributed by atoms with E-state index in [2.05, 4.69) is 5.10 Å². The van der Waals surface area contributed by atoms with Crippen molar-refractivity contribution in [2.75, 3.05) is 11.4 Å². The Morgan fingerprint density at radius 2 is 2.22 bits per heavy atom. The molecule has 0 unspecified atom stereocenters. The first-order valence-electron chi connectivity index (χ1n) is 7.38. The molecule has 0 amide bonds. The standard InChI is InChI=1S/C16H17F2N3O2/c1-20-8-10(14(19-20)15(17)18)9-21-7-3-5-11-12(16(22)23)4-2-6-13(11)21/h2,4,6,8,15H,3,5,7,9H2,1H3,(H,22,23). The van der Waals surface area contributed by atoms with Gasteiger partial charge in [0.05, 0.1) is 5.56 Å². The van der Waals surface area contributed by atoms with Gasteiger partial charge < -0.3 is 10.0 Å². The maximum absolute atomic E-state index is 13.1. The largest absolute Gasteiger partial charge is 0.478 e. The molecule has 3 rings (SSSR count). The zero-order valence-corrected chi connectivity index (χ0v) is 12.7. The smallest absolute Gasteiger partial charge is 0.336 e. The van der Waals surface area contributed by atoms with E-state index in [0.717, 1.165) is 17.7 Å². The number of benzene rings is 1. The molecule has 1 aliphatic heterocycles. The van der Waals surface area contributed by atoms with Crippen LogP contribution in [0.25, 0.3) is 0 Å². The molecule has 1 aromatic heterocycles. The van der Waals surface area contributed by atoms with Crippen LogP contribution in [-0.4, -0.2) is 27.4 Å². The minimum atomic E-state index is -2.62. The van der Waals surface area contributed by atoms with Gasteiger partial charge in [0.15, 0.2) is 0 Å². The third kappa shape index (κ3) is 2.91. The number of hydrogen-bond donors (Lipinski definition) is 1. The molecule has 0 spiro atoms. The van der Waals surface area contributed by atoms with Crippen LogP contribution >= 0.6 is 0 Å². The van der Waals surface area contributed by atoms with Crippen molar-refractivity contribution in [3.05, 3.63) is 46.8 Å². The number of anilines is 1. The van der Waals surface area contributed by atoms with E-state index in [0.29, 0.717) is 25.1 Å². The summed E-state index contributed by atoms with van der Waals surface area (Å²) in [5.74, 6) is -0.960. The number of aromatic carboxylic acids is 1. The molecule has 122 valence electrons. The zero-order chi connectivity index (χ0) is 16.6. The molecule has 0 radical (unpaired) electrons. The summed E-state index contributed by atoms with van der Waals surface area (Å²) in [6.07, 6.45) is 0.447. The Balaban J connectivity index is 1.96. The highest BCUT2D eigenvalue weighted by Crippen LogP contribution is 2.32. The van der Waals surface area contributed by atoms with E-state index in [9.17, 15) is 18.7 Å². The Morgan fingerprint density at radius 1 is 1.43 bits per heavy atom. The quantitative estimate of drug-likeness (QED) is 0.940. The van der Waals surface area contributed by atoms with Crippen molar-refractivity contribution in [1.82, 2.24) is 9.78 Å². The molecule has 1 N–H and O–H groups in total. The molecule has 2 aromatic rings. The average molecular weight is 321 g/mol. The van der Waals surface area contributed by atoms with Crippen molar-refractivity contribution < 1.29 is 18.7 Å². The van der Waals surface area contributed by atoms with E-state index in [-0.39, 0.29) is 11.3 Å². The maximum Gasteiger partial charge on any atom is 0.336 e. The molecule has 1 aliphatic rings. The lowest BCUT2D eigenvalue weighted by Gasteiger charge is -2.32. The first kappa shape index (κ1) is 15.5. The molecule has 1 aromatic carbocycles. The van der Waals surface area contributed by atoms with Gasteiger partial charge in [0, 0.05) is 37.6 Å². The molecule has 0 saturated carbocycles. The van der Waals surface area contributed by atoms with E-state index >= 15 is 0 Å². The molecule has 5 nitrogen and oxygen atoms in total. The SMILES string of the molecule is Cn1cc(CN2CCCc3c(C(=O)O)cccc32)c(C(F)F)n1. The molecule has 0 aliphatic carbocycles. The Hall–Kier alpha value is -2.44. The van der Waals surface area contributed by atoms with E-state index in [1.54, 1.807) is 25.4 Å². The Morgan fingerprint density at radius 3 is 2.91 bits per heavy atom. The Kier molecular flexibility index (Phi) is 4.02. The van der Waals surface area contributed by atoms with E-state index in [1.807, 2.05) is 11.0 Å². The summed E-state index contributed by atoms with van der Waals surface area (Å²) in [6, 6.07) is 5.12. The number of alkyl halides is 2. The van der Waals surface area contributed by atoms with Crippen molar-refractivity contribution in [2.24, 2.45) is 7.05 Å². The van der Waals surface area contributed by atoms with Crippen LogP contribution < -0.4 is 4.90 Å². The lowest BCUT2D eigenvalue weighted by molar-refractivity contribution is 0.0695. The van der Waals surface area contributed by atoms with Crippen LogP contribution in [0.3, 0.4) is 0 Å². The van der Waals surface area contributed by atoms with Crippen LogP contribution in [0.2, 0.25) is 0 Å². The molecular weight excluding hydrogens is 304 g/mol. The van der Waals surface area contributed by atoms with Crippen molar-refractivity contribution in [3.8, 4) is 0 Å². The van der Waals surface area contributed by atoms with Gasteiger partial charge in [-0.25, -0.2) is 13.6 Å². The van der Waals surface area contributed by atoms with Crippen molar-refractivity contribution >= 4 is 11.7 Å². The number of carbonyl (C=O) groups is 1. The van der Waals surface area contributed by atoms with Gasteiger partial charge in [0.25, 0.3) is 6.43 Å². The van der Waals surface area contributed by atoms with Crippen LogP contribution in [0, 0.1) is 0 Å². The highest BCUT2D eigenvalue weighted by atomic mass is 19.3. The van der Waals surface area contributed by atoms with Gasteiger partial charge in [0.2, 0.25) is 0 Å². The fourth-order valence-electron chi connectivity index (χ4n) is 3.13. The summed E-state index contributed by atoms with van der Waals surface area (Å²) in [7, 11) is 1.61. The lowest BCUT2D eigenvalue weighted by Crippen LogP contribution is -2.30. The second-order valence-corrected chi connectivity index (χ2v) is 5.65. The number of aromatic nitrogens is 2. The fraction of sp³-hybridized carbons (Fsp3) is 0.375. The van der Waals surface area contributed by atoms with Gasteiger partial charge in [-0.05, 0) is 30.5 Å². The monoisotopic (exact) mass is 321 g/mol. The molecule has 0 saturated heterocycles. The highest BCUT2D eigenvalue weighted by molar-refractivity contribution is 5.91. The number of fused-ring (bicyclic) bond motifs is 1. The van der Waals surface area contributed by atoms with Crippen molar-refractivity contribution in [3.63, 3.8) is 0 Å². The molecule has 7 heteroatoms. The van der Waals surface area contributed by atoms with Crippen molar-refractivity contribution in [2.45, 2.75) is 25.8 Å². The number of carboxylic acid groups (broad SMARTS) is 1. The van der Waals surface area contributed by atoms with Crippen LogP contribution in [0.5, 0.6) is 0 Å². The first-order chi connectivity index (χ1) is 11.0. The second-order valence-electron chi connectivity index (χ2n) is 5.65. The number of rotatable bonds is 4. The number of carboxylic acids is 1. The number of nitrogens with zero attached hydrogens (tertiary/aromatic N) is 3. The molecule has 23 heavy (non-hydrogen) atoms. The van der Waals surface area contributed by atoms with E-state index in [1.165, 1.54) is 4.68 Å². The number of halogens is 2. The summed E-state index contributed by atoms with van der Waals surface area (Å²) in [5, 5.41) is 13.1. The summed E-state index contributed by atoms with van der Waals surface area (Å²) >= 11 is 0. The summed E-state index contributed by atoms with van der Waals surface area (Å²) in [5.41, 5.74) is 2.12. The topological polar surface area (TPSA) is 58.4 Å². The summed E-state index contributed by atoms with van der Waals surface area (Å²) in [6.45, 7) is 0.997. The third-order valence-corrected chi connectivity index (χ3v) is 4.08. The summed E-state index contributed by atoms with van der Waals surface area (Å²) in [4.78, 5) is 13.3. The highest BCUT2D eigenvalue weighted by Gasteiger charge is 2.25. The first-order valence-corrected chi connectivity index (χ1v) is 7.38. The second kappa shape index (κ2) is 5.98. The van der Waals surface area contributed by atoms with Gasteiger partial charge in [-0.15, -0.1) is 0 Å². The van der Waals surface area contributed by atoms with Crippen molar-refractivity contribution in [1.29, 1.82) is 0 Å². The normalized spacial score (nSPS) is 14.2. The molecule has 0 atom stereocenters. The predicted octanol–water partition coefficient (Wildman–Crippen LogP) is 3.01. The van der Waals surface area contributed by atoms with E-state index in [4.69, 9.17) is 0 Å². The average Bonchev–Trinajstić information content (AvgIpc) is 2.88. The zero-order valence-electron chi connectivity index (χ0n) is 12.7. The molecule has 0 bridgehead atoms.